The number of nitrogens with one attached hydrogen (secondary N) is 1. The molecule has 1 rings (SSSR count). The first kappa shape index (κ1) is 17.0. The van der Waals surface area contributed by atoms with Crippen LogP contribution in [0.2, 0.25) is 0 Å². The van der Waals surface area contributed by atoms with Crippen LogP contribution in [0.25, 0.3) is 0 Å². The summed E-state index contributed by atoms with van der Waals surface area (Å²) in [5, 5.41) is 3.66. The first-order valence-corrected chi connectivity index (χ1v) is 8.63. The van der Waals surface area contributed by atoms with Gasteiger partial charge in [-0.15, -0.1) is 0 Å². The van der Waals surface area contributed by atoms with Gasteiger partial charge in [0.1, 0.15) is 0 Å². The van der Waals surface area contributed by atoms with Gasteiger partial charge >= 0.3 is 0 Å². The van der Waals surface area contributed by atoms with Gasteiger partial charge in [-0.3, -0.25) is 0 Å². The van der Waals surface area contributed by atoms with Crippen LogP contribution in [-0.4, -0.2) is 37.1 Å². The number of hydrogen-bond acceptors (Lipinski definition) is 2. The van der Waals surface area contributed by atoms with E-state index in [2.05, 4.69) is 37.9 Å². The summed E-state index contributed by atoms with van der Waals surface area (Å²) in [7, 11) is 0. The van der Waals surface area contributed by atoms with Crippen molar-refractivity contribution in [1.29, 1.82) is 0 Å². The number of nitrogens with zero attached hydrogens (tertiary/aromatic N) is 1. The van der Waals surface area contributed by atoms with Crippen LogP contribution in [0.3, 0.4) is 0 Å². The van der Waals surface area contributed by atoms with Crippen LogP contribution >= 0.6 is 0 Å². The summed E-state index contributed by atoms with van der Waals surface area (Å²) < 4.78 is 0. The Labute approximate surface area is 121 Å². The maximum Gasteiger partial charge on any atom is 0.0136 e. The fraction of sp³-hybridized carbons (Fsp3) is 1.00. The normalized spacial score (nSPS) is 23.1. The van der Waals surface area contributed by atoms with Crippen LogP contribution in [0.15, 0.2) is 0 Å². The first-order chi connectivity index (χ1) is 9.19. The quantitative estimate of drug-likeness (QED) is 0.611. The molecule has 2 unspecified atom stereocenters. The molecule has 0 saturated heterocycles. The molecule has 1 N–H and O–H groups in total. The van der Waals surface area contributed by atoms with E-state index >= 15 is 0 Å². The van der Waals surface area contributed by atoms with Crippen molar-refractivity contribution in [3.05, 3.63) is 0 Å². The van der Waals surface area contributed by atoms with Crippen molar-refractivity contribution in [2.24, 2.45) is 11.8 Å². The van der Waals surface area contributed by atoms with Crippen LogP contribution in [0, 0.1) is 11.8 Å². The Bertz CT molecular complexity index is 207. The summed E-state index contributed by atoms with van der Waals surface area (Å²) in [6.07, 6.45) is 8.25. The van der Waals surface area contributed by atoms with Gasteiger partial charge in [-0.05, 0) is 63.7 Å². The van der Waals surface area contributed by atoms with Crippen LogP contribution in [0.1, 0.15) is 66.2 Å². The maximum atomic E-state index is 3.66. The van der Waals surface area contributed by atoms with Crippen molar-refractivity contribution in [1.82, 2.24) is 10.2 Å². The van der Waals surface area contributed by atoms with Gasteiger partial charge in [0.15, 0.2) is 0 Å². The molecule has 0 aromatic rings. The molecular weight excluding hydrogens is 232 g/mol. The fourth-order valence-electron chi connectivity index (χ4n) is 2.99. The molecule has 0 radical (unpaired) electrons. The minimum atomic E-state index is 0.773. The molecule has 1 saturated carbocycles. The van der Waals surface area contributed by atoms with Crippen molar-refractivity contribution >= 4 is 0 Å². The van der Waals surface area contributed by atoms with Crippen LogP contribution < -0.4 is 5.32 Å². The van der Waals surface area contributed by atoms with Crippen molar-refractivity contribution in [3.8, 4) is 0 Å². The lowest BCUT2D eigenvalue weighted by atomic mass is 9.78. The summed E-state index contributed by atoms with van der Waals surface area (Å²) in [6, 6.07) is 0.873. The van der Waals surface area contributed by atoms with Gasteiger partial charge in [-0.25, -0.2) is 0 Å². The third-order valence-corrected chi connectivity index (χ3v) is 4.40. The predicted octanol–water partition coefficient (Wildman–Crippen LogP) is 3.91. The zero-order chi connectivity index (χ0) is 14.1. The third kappa shape index (κ3) is 6.27. The summed E-state index contributed by atoms with van der Waals surface area (Å²) >= 11 is 0. The summed E-state index contributed by atoms with van der Waals surface area (Å²) in [5.41, 5.74) is 0. The molecule has 0 bridgehead atoms. The summed E-state index contributed by atoms with van der Waals surface area (Å²) in [4.78, 5) is 2.79. The lowest BCUT2D eigenvalue weighted by Gasteiger charge is -2.45. The predicted molar refractivity (Wildman–Crippen MR) is 85.6 cm³/mol. The first-order valence-electron chi connectivity index (χ1n) is 8.63. The van der Waals surface area contributed by atoms with Gasteiger partial charge in [0.05, 0.1) is 0 Å². The Kier molecular flexibility index (Phi) is 8.72. The smallest absolute Gasteiger partial charge is 0.0136 e. The topological polar surface area (TPSA) is 15.3 Å². The van der Waals surface area contributed by atoms with Crippen molar-refractivity contribution in [3.63, 3.8) is 0 Å². The Balaban J connectivity index is 2.31. The Morgan fingerprint density at radius 2 is 1.68 bits per heavy atom. The van der Waals surface area contributed by atoms with Crippen LogP contribution in [-0.2, 0) is 0 Å². The molecule has 19 heavy (non-hydrogen) atoms. The fourth-order valence-corrected chi connectivity index (χ4v) is 2.99. The van der Waals surface area contributed by atoms with Gasteiger partial charge in [-0.2, -0.15) is 0 Å². The van der Waals surface area contributed by atoms with Gasteiger partial charge in [0, 0.05) is 6.04 Å². The largest absolute Gasteiger partial charge is 0.316 e. The molecule has 114 valence electrons. The highest BCUT2D eigenvalue weighted by atomic mass is 15.2. The van der Waals surface area contributed by atoms with Crippen molar-refractivity contribution in [2.75, 3.05) is 26.2 Å². The molecule has 0 heterocycles. The molecule has 1 aliphatic rings. The van der Waals surface area contributed by atoms with E-state index in [4.69, 9.17) is 0 Å². The van der Waals surface area contributed by atoms with E-state index in [0.717, 1.165) is 17.9 Å². The standard InChI is InChI=1S/C17H36N2/c1-5-7-11-19(12-8-6-2)17-10-9-16(17)14-18-13-15(3)4/h15-18H,5-14H2,1-4H3. The second-order valence-corrected chi connectivity index (χ2v) is 6.70. The van der Waals surface area contributed by atoms with Gasteiger partial charge in [-0.1, -0.05) is 40.5 Å². The van der Waals surface area contributed by atoms with Crippen LogP contribution in [0.4, 0.5) is 0 Å². The second kappa shape index (κ2) is 9.77. The monoisotopic (exact) mass is 268 g/mol. The molecule has 2 nitrogen and oxygen atoms in total. The second-order valence-electron chi connectivity index (χ2n) is 6.70. The van der Waals surface area contributed by atoms with E-state index in [1.165, 1.54) is 64.7 Å². The minimum Gasteiger partial charge on any atom is -0.316 e. The van der Waals surface area contributed by atoms with Gasteiger partial charge < -0.3 is 10.2 Å². The molecule has 0 aliphatic heterocycles. The molecule has 2 heteroatoms. The van der Waals surface area contributed by atoms with E-state index < -0.39 is 0 Å². The van der Waals surface area contributed by atoms with Crippen LogP contribution in [0.5, 0.6) is 0 Å². The molecule has 0 amide bonds. The van der Waals surface area contributed by atoms with E-state index in [1.54, 1.807) is 0 Å². The summed E-state index contributed by atoms with van der Waals surface area (Å²) in [6.45, 7) is 14.2. The molecule has 1 fully saturated rings. The summed E-state index contributed by atoms with van der Waals surface area (Å²) in [5.74, 6) is 1.68. The van der Waals surface area contributed by atoms with E-state index in [9.17, 15) is 0 Å². The minimum absolute atomic E-state index is 0.773. The number of rotatable bonds is 11. The molecule has 0 spiro atoms. The Morgan fingerprint density at radius 1 is 1.05 bits per heavy atom. The van der Waals surface area contributed by atoms with Crippen molar-refractivity contribution < 1.29 is 0 Å². The highest BCUT2D eigenvalue weighted by molar-refractivity contribution is 4.90. The van der Waals surface area contributed by atoms with Gasteiger partial charge in [0.25, 0.3) is 0 Å². The zero-order valence-electron chi connectivity index (χ0n) is 13.8. The zero-order valence-corrected chi connectivity index (χ0v) is 13.8. The third-order valence-electron chi connectivity index (χ3n) is 4.40. The average molecular weight is 268 g/mol. The van der Waals surface area contributed by atoms with Crippen molar-refractivity contribution in [2.45, 2.75) is 72.3 Å². The highest BCUT2D eigenvalue weighted by Crippen LogP contribution is 2.32. The number of unbranched alkanes of at least 4 members (excludes halogenated alkanes) is 2. The lowest BCUT2D eigenvalue weighted by molar-refractivity contribution is 0.0589. The molecule has 0 aromatic carbocycles. The lowest BCUT2D eigenvalue weighted by Crippen LogP contribution is -2.51. The maximum absolute atomic E-state index is 3.66. The van der Waals surface area contributed by atoms with E-state index in [1.807, 2.05) is 0 Å². The Morgan fingerprint density at radius 3 is 2.11 bits per heavy atom. The Hall–Kier alpha value is -0.0800. The van der Waals surface area contributed by atoms with E-state index in [-0.39, 0.29) is 0 Å². The van der Waals surface area contributed by atoms with E-state index in [0.29, 0.717) is 0 Å². The average Bonchev–Trinajstić information content (AvgIpc) is 2.36. The highest BCUT2D eigenvalue weighted by Gasteiger charge is 2.34. The molecule has 1 aliphatic carbocycles. The molecule has 2 atom stereocenters. The molecular formula is C17H36N2. The SMILES string of the molecule is CCCCN(CCCC)C1CCC1CNCC(C)C. The van der Waals surface area contributed by atoms with Gasteiger partial charge in [0.2, 0.25) is 0 Å². The number of hydrogen-bond donors (Lipinski definition) is 1. The molecule has 0 aromatic heterocycles.